The maximum atomic E-state index is 9.66. The molecule has 4 heteroatoms. The molecule has 3 aromatic carbocycles. The number of hydrogen-bond donors (Lipinski definition) is 2. The van der Waals surface area contributed by atoms with Crippen LogP contribution in [0.3, 0.4) is 0 Å². The van der Waals surface area contributed by atoms with Gasteiger partial charge < -0.3 is 15.2 Å². The Kier molecular flexibility index (Phi) is 5.35. The van der Waals surface area contributed by atoms with Crippen molar-refractivity contribution in [2.45, 2.75) is 19.0 Å². The van der Waals surface area contributed by atoms with E-state index in [2.05, 4.69) is 59.9 Å². The minimum atomic E-state index is -0.441. The van der Waals surface area contributed by atoms with Crippen molar-refractivity contribution >= 4 is 23.2 Å². The van der Waals surface area contributed by atoms with E-state index >= 15 is 0 Å². The third kappa shape index (κ3) is 3.12. The summed E-state index contributed by atoms with van der Waals surface area (Å²) in [6.07, 6.45) is 0. The van der Waals surface area contributed by atoms with Gasteiger partial charge >= 0.3 is 0 Å². The minimum Gasteiger partial charge on any atom is -0.394 e. The smallest absolute Gasteiger partial charge is 0.0664 e. The van der Waals surface area contributed by atoms with Crippen molar-refractivity contribution in [3.63, 3.8) is 0 Å². The Morgan fingerprint density at radius 3 is 2.35 bits per heavy atom. The molecule has 2 N–H and O–H groups in total. The summed E-state index contributed by atoms with van der Waals surface area (Å²) in [5, 5.41) is 15.7. The maximum absolute atomic E-state index is 9.66. The number of halogens is 1. The van der Waals surface area contributed by atoms with Crippen molar-refractivity contribution in [1.29, 1.82) is 0 Å². The number of nitrogens with one attached hydrogen (secondary N) is 1. The fourth-order valence-corrected chi connectivity index (χ4v) is 3.77. The van der Waals surface area contributed by atoms with Crippen LogP contribution in [0.5, 0.6) is 0 Å². The zero-order valence-corrected chi connectivity index (χ0v) is 15.9. The highest BCUT2D eigenvalue weighted by molar-refractivity contribution is 6.15. The third-order valence-electron chi connectivity index (χ3n) is 5.08. The summed E-state index contributed by atoms with van der Waals surface area (Å²) in [4.78, 5) is 0. The first-order valence-corrected chi connectivity index (χ1v) is 8.65. The molecule has 0 aliphatic heterocycles. The molecular weight excluding hydrogens is 346 g/mol. The van der Waals surface area contributed by atoms with E-state index in [1.165, 1.54) is 38.6 Å². The zero-order chi connectivity index (χ0) is 17.4. The molecule has 1 aliphatic carbocycles. The first kappa shape index (κ1) is 18.9. The van der Waals surface area contributed by atoms with Gasteiger partial charge in [-0.1, -0.05) is 42.5 Å². The number of fused-ring (bicyclic) bond motifs is 3. The lowest BCUT2D eigenvalue weighted by Gasteiger charge is -2.28. The Morgan fingerprint density at radius 2 is 1.65 bits per heavy atom. The van der Waals surface area contributed by atoms with E-state index in [-0.39, 0.29) is 19.0 Å². The Bertz CT molecular complexity index is 941. The lowest BCUT2D eigenvalue weighted by molar-refractivity contribution is 0.0723. The highest BCUT2D eigenvalue weighted by atomic mass is 35.5. The fraction of sp³-hybridized carbons (Fsp3) is 0.273. The lowest BCUT2D eigenvalue weighted by Crippen LogP contribution is -2.49. The molecule has 0 saturated carbocycles. The molecular formula is C22H24ClNO2. The fourth-order valence-electron chi connectivity index (χ4n) is 3.77. The van der Waals surface area contributed by atoms with Crippen LogP contribution in [0.2, 0.25) is 0 Å². The number of rotatable bonds is 6. The van der Waals surface area contributed by atoms with Crippen molar-refractivity contribution in [3.05, 3.63) is 60.2 Å². The van der Waals surface area contributed by atoms with Gasteiger partial charge in [0.1, 0.15) is 0 Å². The number of aliphatic hydroxyl groups is 1. The number of benzene rings is 3. The Morgan fingerprint density at radius 1 is 0.962 bits per heavy atom. The molecule has 0 saturated heterocycles. The predicted octanol–water partition coefficient (Wildman–Crippen LogP) is 4.40. The van der Waals surface area contributed by atoms with Crippen molar-refractivity contribution in [2.75, 3.05) is 20.3 Å². The second-order valence-corrected chi connectivity index (χ2v) is 7.10. The van der Waals surface area contributed by atoms with Gasteiger partial charge in [-0.2, -0.15) is 0 Å². The van der Waals surface area contributed by atoms with E-state index in [0.29, 0.717) is 13.2 Å². The summed E-state index contributed by atoms with van der Waals surface area (Å²) >= 11 is 0. The molecule has 0 spiro atoms. The monoisotopic (exact) mass is 369 g/mol. The topological polar surface area (TPSA) is 41.5 Å². The predicted molar refractivity (Wildman–Crippen MR) is 110 cm³/mol. The van der Waals surface area contributed by atoms with Gasteiger partial charge in [-0.3, -0.25) is 0 Å². The Balaban J connectivity index is 0.00000196. The summed E-state index contributed by atoms with van der Waals surface area (Å²) in [6.45, 7) is 3.17. The second kappa shape index (κ2) is 7.37. The van der Waals surface area contributed by atoms with Gasteiger partial charge in [-0.05, 0) is 57.6 Å². The molecule has 3 nitrogen and oxygen atoms in total. The van der Waals surface area contributed by atoms with Gasteiger partial charge in [0.25, 0.3) is 0 Å². The Labute approximate surface area is 160 Å². The lowest BCUT2D eigenvalue weighted by atomic mass is 9.98. The number of aliphatic hydroxyl groups excluding tert-OH is 1. The number of ether oxygens (including phenoxy) is 1. The zero-order valence-electron chi connectivity index (χ0n) is 15.1. The molecule has 0 heterocycles. The molecule has 1 unspecified atom stereocenters. The first-order valence-electron chi connectivity index (χ1n) is 8.65. The van der Waals surface area contributed by atoms with Gasteiger partial charge in [0.05, 0.1) is 18.8 Å². The standard InChI is InChI=1S/C22H23NO2.ClH/c1-22(13-24,14-25-2)23-12-15-10-16-6-5-9-19-17-7-3-4-8-18(17)20(11-15)21(16)19;/h3-11,23-24H,12-14H2,1-2H3;1H. The molecule has 0 radical (unpaired) electrons. The Hall–Kier alpha value is -1.91. The molecule has 0 amide bonds. The van der Waals surface area contributed by atoms with E-state index in [4.69, 9.17) is 4.74 Å². The van der Waals surface area contributed by atoms with Crippen molar-refractivity contribution in [3.8, 4) is 22.3 Å². The average Bonchev–Trinajstić information content (AvgIpc) is 2.96. The van der Waals surface area contributed by atoms with Crippen LogP contribution in [-0.4, -0.2) is 31.0 Å². The van der Waals surface area contributed by atoms with Crippen LogP contribution >= 0.6 is 12.4 Å². The van der Waals surface area contributed by atoms with Crippen LogP contribution in [0.15, 0.2) is 54.6 Å². The summed E-state index contributed by atoms with van der Waals surface area (Å²) in [5.74, 6) is 0. The van der Waals surface area contributed by atoms with Crippen LogP contribution in [0.25, 0.3) is 33.0 Å². The summed E-state index contributed by atoms with van der Waals surface area (Å²) in [6, 6.07) is 19.6. The number of hydrogen-bond acceptors (Lipinski definition) is 3. The van der Waals surface area contributed by atoms with Gasteiger partial charge in [0.2, 0.25) is 0 Å². The maximum Gasteiger partial charge on any atom is 0.0664 e. The highest BCUT2D eigenvalue weighted by Crippen LogP contribution is 2.47. The second-order valence-electron chi connectivity index (χ2n) is 7.10. The molecule has 0 aromatic heterocycles. The summed E-state index contributed by atoms with van der Waals surface area (Å²) < 4.78 is 5.23. The van der Waals surface area contributed by atoms with E-state index in [9.17, 15) is 5.11 Å². The van der Waals surface area contributed by atoms with Crippen molar-refractivity contribution in [2.24, 2.45) is 0 Å². The molecule has 136 valence electrons. The van der Waals surface area contributed by atoms with E-state index in [1.54, 1.807) is 7.11 Å². The summed E-state index contributed by atoms with van der Waals surface area (Å²) in [7, 11) is 1.66. The van der Waals surface area contributed by atoms with Crippen molar-refractivity contribution in [1.82, 2.24) is 5.32 Å². The SMILES string of the molecule is COCC(C)(CO)NCc1cc2c3c(cccc3c1)-c1ccccc1-2.Cl. The van der Waals surface area contributed by atoms with E-state index in [0.717, 1.165) is 0 Å². The summed E-state index contributed by atoms with van der Waals surface area (Å²) in [5.41, 5.74) is 6.02. The van der Waals surface area contributed by atoms with Crippen LogP contribution in [-0.2, 0) is 11.3 Å². The molecule has 4 rings (SSSR count). The van der Waals surface area contributed by atoms with Crippen molar-refractivity contribution < 1.29 is 9.84 Å². The quantitative estimate of drug-likeness (QED) is 0.529. The highest BCUT2D eigenvalue weighted by Gasteiger charge is 2.24. The van der Waals surface area contributed by atoms with E-state index in [1.807, 2.05) is 6.92 Å². The molecule has 0 bridgehead atoms. The molecule has 1 atom stereocenters. The van der Waals surface area contributed by atoms with Gasteiger partial charge in [0.15, 0.2) is 0 Å². The van der Waals surface area contributed by atoms with Gasteiger partial charge in [-0.25, -0.2) is 0 Å². The normalized spacial score (nSPS) is 14.0. The molecule has 0 fully saturated rings. The minimum absolute atomic E-state index is 0. The van der Waals surface area contributed by atoms with Crippen LogP contribution < -0.4 is 5.32 Å². The van der Waals surface area contributed by atoms with Crippen LogP contribution in [0.4, 0.5) is 0 Å². The first-order chi connectivity index (χ1) is 12.1. The molecule has 26 heavy (non-hydrogen) atoms. The van der Waals surface area contributed by atoms with Gasteiger partial charge in [0, 0.05) is 13.7 Å². The average molecular weight is 370 g/mol. The number of methoxy groups -OCH3 is 1. The van der Waals surface area contributed by atoms with Gasteiger partial charge in [-0.15, -0.1) is 12.4 Å². The molecule has 1 aliphatic rings. The third-order valence-corrected chi connectivity index (χ3v) is 5.08. The van der Waals surface area contributed by atoms with Crippen LogP contribution in [0.1, 0.15) is 12.5 Å². The largest absolute Gasteiger partial charge is 0.394 e. The van der Waals surface area contributed by atoms with Crippen LogP contribution in [0, 0.1) is 0 Å². The molecule has 3 aromatic rings. The van der Waals surface area contributed by atoms with E-state index < -0.39 is 5.54 Å².